The summed E-state index contributed by atoms with van der Waals surface area (Å²) in [5.41, 5.74) is 2.48. The zero-order chi connectivity index (χ0) is 14.5. The van der Waals surface area contributed by atoms with Crippen molar-refractivity contribution in [2.75, 3.05) is 13.1 Å². The van der Waals surface area contributed by atoms with Gasteiger partial charge in [-0.1, -0.05) is 48.0 Å². The number of ether oxygens (including phenoxy) is 1. The van der Waals surface area contributed by atoms with Gasteiger partial charge < -0.3 is 10.1 Å². The number of benzene rings is 2. The first-order valence-electron chi connectivity index (χ1n) is 7.50. The number of halogens is 1. The van der Waals surface area contributed by atoms with Gasteiger partial charge in [-0.15, -0.1) is 0 Å². The maximum atomic E-state index is 6.37. The van der Waals surface area contributed by atoms with E-state index < -0.39 is 0 Å². The molecule has 1 aliphatic rings. The third-order valence-electron chi connectivity index (χ3n) is 4.00. The molecule has 2 aromatic carbocycles. The Balaban J connectivity index is 1.66. The SMILES string of the molecule is Clc1cc(C2CCNCC2)ccc1OCc1ccccc1. The second-order valence-electron chi connectivity index (χ2n) is 5.49. The van der Waals surface area contributed by atoms with Crippen LogP contribution < -0.4 is 10.1 Å². The molecule has 1 N–H and O–H groups in total. The van der Waals surface area contributed by atoms with E-state index in [1.807, 2.05) is 24.3 Å². The number of piperidine rings is 1. The summed E-state index contributed by atoms with van der Waals surface area (Å²) >= 11 is 6.37. The summed E-state index contributed by atoms with van der Waals surface area (Å²) in [7, 11) is 0. The molecule has 0 aliphatic carbocycles. The van der Waals surface area contributed by atoms with Crippen LogP contribution in [0.3, 0.4) is 0 Å². The molecule has 0 radical (unpaired) electrons. The molecule has 21 heavy (non-hydrogen) atoms. The monoisotopic (exact) mass is 301 g/mol. The van der Waals surface area contributed by atoms with E-state index in [0.29, 0.717) is 17.5 Å². The standard InChI is InChI=1S/C18H20ClNO/c19-17-12-16(15-8-10-20-11-9-15)6-7-18(17)21-13-14-4-2-1-3-5-14/h1-7,12,15,20H,8-11,13H2. The lowest BCUT2D eigenvalue weighted by Gasteiger charge is -2.23. The van der Waals surface area contributed by atoms with Crippen LogP contribution in [-0.2, 0) is 6.61 Å². The summed E-state index contributed by atoms with van der Waals surface area (Å²) in [6.07, 6.45) is 2.36. The van der Waals surface area contributed by atoms with Crippen molar-refractivity contribution in [1.82, 2.24) is 5.32 Å². The van der Waals surface area contributed by atoms with Crippen LogP contribution in [0.4, 0.5) is 0 Å². The van der Waals surface area contributed by atoms with Gasteiger partial charge in [-0.25, -0.2) is 0 Å². The van der Waals surface area contributed by atoms with E-state index in [1.165, 1.54) is 18.4 Å². The Morgan fingerprint density at radius 1 is 1.05 bits per heavy atom. The molecule has 1 aliphatic heterocycles. The first kappa shape index (κ1) is 14.4. The molecular formula is C18H20ClNO. The maximum absolute atomic E-state index is 6.37. The van der Waals surface area contributed by atoms with Gasteiger partial charge in [0.25, 0.3) is 0 Å². The summed E-state index contributed by atoms with van der Waals surface area (Å²) in [4.78, 5) is 0. The second kappa shape index (κ2) is 6.97. The van der Waals surface area contributed by atoms with Gasteiger partial charge in [-0.3, -0.25) is 0 Å². The molecule has 0 spiro atoms. The summed E-state index contributed by atoms with van der Waals surface area (Å²) in [6.45, 7) is 2.73. The molecule has 0 aromatic heterocycles. The number of hydrogen-bond acceptors (Lipinski definition) is 2. The predicted octanol–water partition coefficient (Wildman–Crippen LogP) is 4.39. The van der Waals surface area contributed by atoms with Gasteiger partial charge >= 0.3 is 0 Å². The lowest BCUT2D eigenvalue weighted by Crippen LogP contribution is -2.26. The highest BCUT2D eigenvalue weighted by molar-refractivity contribution is 6.32. The Morgan fingerprint density at radius 2 is 1.81 bits per heavy atom. The minimum atomic E-state index is 0.549. The molecule has 0 unspecified atom stereocenters. The Hall–Kier alpha value is -1.51. The first-order valence-corrected chi connectivity index (χ1v) is 7.87. The molecule has 1 fully saturated rings. The van der Waals surface area contributed by atoms with Gasteiger partial charge in [-0.05, 0) is 55.1 Å². The lowest BCUT2D eigenvalue weighted by atomic mass is 9.90. The van der Waals surface area contributed by atoms with Gasteiger partial charge in [0.15, 0.2) is 0 Å². The quantitative estimate of drug-likeness (QED) is 0.904. The van der Waals surface area contributed by atoms with E-state index >= 15 is 0 Å². The normalized spacial score (nSPS) is 15.9. The molecule has 0 atom stereocenters. The van der Waals surface area contributed by atoms with Gasteiger partial charge in [0.2, 0.25) is 0 Å². The van der Waals surface area contributed by atoms with Crippen LogP contribution in [0.5, 0.6) is 5.75 Å². The summed E-state index contributed by atoms with van der Waals surface area (Å²) < 4.78 is 5.82. The minimum absolute atomic E-state index is 0.549. The summed E-state index contributed by atoms with van der Waals surface area (Å²) in [5.74, 6) is 1.38. The van der Waals surface area contributed by atoms with Crippen LogP contribution in [0, 0.1) is 0 Å². The van der Waals surface area contributed by atoms with Crippen molar-refractivity contribution >= 4 is 11.6 Å². The van der Waals surface area contributed by atoms with E-state index in [4.69, 9.17) is 16.3 Å². The van der Waals surface area contributed by atoms with Crippen molar-refractivity contribution in [2.24, 2.45) is 0 Å². The average Bonchev–Trinajstić information content (AvgIpc) is 2.55. The van der Waals surface area contributed by atoms with Gasteiger partial charge in [-0.2, -0.15) is 0 Å². The van der Waals surface area contributed by atoms with Crippen LogP contribution in [-0.4, -0.2) is 13.1 Å². The van der Waals surface area contributed by atoms with Crippen LogP contribution in [0.15, 0.2) is 48.5 Å². The fourth-order valence-electron chi connectivity index (χ4n) is 2.78. The predicted molar refractivity (Wildman–Crippen MR) is 87.1 cm³/mol. The molecule has 2 nitrogen and oxygen atoms in total. The lowest BCUT2D eigenvalue weighted by molar-refractivity contribution is 0.306. The fourth-order valence-corrected chi connectivity index (χ4v) is 3.02. The van der Waals surface area contributed by atoms with Crippen molar-refractivity contribution in [3.8, 4) is 5.75 Å². The summed E-state index contributed by atoms with van der Waals surface area (Å²) in [5, 5.41) is 4.10. The molecule has 110 valence electrons. The molecule has 0 saturated carbocycles. The number of rotatable bonds is 4. The molecule has 3 rings (SSSR count). The Morgan fingerprint density at radius 3 is 2.52 bits per heavy atom. The Labute approximate surface area is 131 Å². The molecule has 2 aromatic rings. The van der Waals surface area contributed by atoms with Crippen molar-refractivity contribution in [2.45, 2.75) is 25.4 Å². The van der Waals surface area contributed by atoms with E-state index in [-0.39, 0.29) is 0 Å². The van der Waals surface area contributed by atoms with E-state index in [0.717, 1.165) is 24.4 Å². The van der Waals surface area contributed by atoms with Crippen molar-refractivity contribution in [3.05, 3.63) is 64.7 Å². The number of hydrogen-bond donors (Lipinski definition) is 1. The molecule has 3 heteroatoms. The average molecular weight is 302 g/mol. The smallest absolute Gasteiger partial charge is 0.138 e. The third-order valence-corrected chi connectivity index (χ3v) is 4.30. The zero-order valence-corrected chi connectivity index (χ0v) is 12.8. The Bertz CT molecular complexity index is 579. The number of nitrogens with one attached hydrogen (secondary N) is 1. The van der Waals surface area contributed by atoms with Gasteiger partial charge in [0, 0.05) is 0 Å². The largest absolute Gasteiger partial charge is 0.487 e. The highest BCUT2D eigenvalue weighted by atomic mass is 35.5. The summed E-state index contributed by atoms with van der Waals surface area (Å²) in [6, 6.07) is 16.4. The maximum Gasteiger partial charge on any atom is 0.138 e. The van der Waals surface area contributed by atoms with Crippen molar-refractivity contribution < 1.29 is 4.74 Å². The molecule has 1 saturated heterocycles. The van der Waals surface area contributed by atoms with E-state index in [9.17, 15) is 0 Å². The second-order valence-corrected chi connectivity index (χ2v) is 5.90. The van der Waals surface area contributed by atoms with E-state index in [1.54, 1.807) is 0 Å². The van der Waals surface area contributed by atoms with Gasteiger partial charge in [0.05, 0.1) is 5.02 Å². The first-order chi connectivity index (χ1) is 10.3. The minimum Gasteiger partial charge on any atom is -0.487 e. The van der Waals surface area contributed by atoms with Crippen molar-refractivity contribution in [3.63, 3.8) is 0 Å². The highest BCUT2D eigenvalue weighted by Gasteiger charge is 2.16. The molecular weight excluding hydrogens is 282 g/mol. The van der Waals surface area contributed by atoms with Crippen molar-refractivity contribution in [1.29, 1.82) is 0 Å². The molecule has 0 amide bonds. The highest BCUT2D eigenvalue weighted by Crippen LogP contribution is 2.32. The van der Waals surface area contributed by atoms with Gasteiger partial charge in [0.1, 0.15) is 12.4 Å². The van der Waals surface area contributed by atoms with Crippen LogP contribution in [0.25, 0.3) is 0 Å². The topological polar surface area (TPSA) is 21.3 Å². The molecule has 1 heterocycles. The Kier molecular flexibility index (Phi) is 4.79. The fraction of sp³-hybridized carbons (Fsp3) is 0.333. The zero-order valence-electron chi connectivity index (χ0n) is 12.0. The van der Waals surface area contributed by atoms with Crippen LogP contribution >= 0.6 is 11.6 Å². The molecule has 0 bridgehead atoms. The third kappa shape index (κ3) is 3.78. The van der Waals surface area contributed by atoms with Crippen LogP contribution in [0.2, 0.25) is 5.02 Å². The van der Waals surface area contributed by atoms with Crippen LogP contribution in [0.1, 0.15) is 29.9 Å². The van der Waals surface area contributed by atoms with E-state index in [2.05, 4.69) is 29.6 Å².